The topological polar surface area (TPSA) is 35.2 Å². The average molecular weight is 267 g/mol. The summed E-state index contributed by atoms with van der Waals surface area (Å²) in [7, 11) is 0. The largest absolute Gasteiger partial charge is 0.372 e. The number of rotatable bonds is 6. The van der Waals surface area contributed by atoms with Crippen molar-refractivity contribution in [1.29, 1.82) is 0 Å². The van der Waals surface area contributed by atoms with Gasteiger partial charge in [0.05, 0.1) is 0 Å². The van der Waals surface area contributed by atoms with Crippen LogP contribution in [0.1, 0.15) is 52.2 Å². The molecule has 2 N–H and O–H groups in total. The molecule has 1 aromatic rings. The van der Waals surface area contributed by atoms with Crippen LogP contribution in [0.25, 0.3) is 0 Å². The molecule has 2 atom stereocenters. The normalized spacial score (nSPS) is 15.3. The molecule has 0 aromatic heterocycles. The first-order valence-corrected chi connectivity index (χ1v) is 6.96. The molecule has 0 aliphatic rings. The Morgan fingerprint density at radius 1 is 1.26 bits per heavy atom. The number of hydrogen-bond donors (Lipinski definition) is 1. The summed E-state index contributed by atoms with van der Waals surface area (Å²) in [6.07, 6.45) is 1.32. The predicted octanol–water partition coefficient (Wildman–Crippen LogP) is 4.06. The maximum Gasteiger partial charge on any atom is 0.129 e. The molecule has 0 radical (unpaired) electrons. The lowest BCUT2D eigenvalue weighted by atomic mass is 9.93. The molecular formula is C16H26FNO. The van der Waals surface area contributed by atoms with E-state index in [4.69, 9.17) is 10.5 Å². The molecule has 1 aromatic carbocycles. The molecule has 2 unspecified atom stereocenters. The maximum absolute atomic E-state index is 13.9. The quantitative estimate of drug-likeness (QED) is 0.843. The highest BCUT2D eigenvalue weighted by Crippen LogP contribution is 2.26. The molecule has 0 heterocycles. The third-order valence-corrected chi connectivity index (χ3v) is 3.22. The summed E-state index contributed by atoms with van der Waals surface area (Å²) in [5.74, 6) is -0.243. The molecule has 0 aliphatic carbocycles. The Kier molecular flexibility index (Phi) is 5.95. The number of ether oxygens (including phenoxy) is 1. The van der Waals surface area contributed by atoms with E-state index in [1.54, 1.807) is 12.1 Å². The Morgan fingerprint density at radius 3 is 2.42 bits per heavy atom. The lowest BCUT2D eigenvalue weighted by molar-refractivity contribution is 0.0178. The van der Waals surface area contributed by atoms with Gasteiger partial charge in [0.1, 0.15) is 11.9 Å². The van der Waals surface area contributed by atoms with E-state index >= 15 is 0 Å². The highest BCUT2D eigenvalue weighted by atomic mass is 19.1. The zero-order valence-electron chi connectivity index (χ0n) is 12.4. The maximum atomic E-state index is 13.9. The minimum Gasteiger partial charge on any atom is -0.372 e. The van der Waals surface area contributed by atoms with Crippen molar-refractivity contribution >= 4 is 0 Å². The summed E-state index contributed by atoms with van der Waals surface area (Å²) in [6.45, 7) is 9.07. The summed E-state index contributed by atoms with van der Waals surface area (Å²) in [4.78, 5) is 0. The van der Waals surface area contributed by atoms with Crippen LogP contribution >= 0.6 is 0 Å². The van der Waals surface area contributed by atoms with E-state index in [9.17, 15) is 4.39 Å². The predicted molar refractivity (Wildman–Crippen MR) is 77.4 cm³/mol. The van der Waals surface area contributed by atoms with E-state index in [-0.39, 0.29) is 23.4 Å². The number of benzene rings is 1. The highest BCUT2D eigenvalue weighted by molar-refractivity contribution is 5.21. The van der Waals surface area contributed by atoms with Crippen LogP contribution in [0, 0.1) is 11.2 Å². The van der Waals surface area contributed by atoms with Gasteiger partial charge in [-0.25, -0.2) is 4.39 Å². The molecule has 0 fully saturated rings. The van der Waals surface area contributed by atoms with Crippen molar-refractivity contribution in [3.63, 3.8) is 0 Å². The third kappa shape index (κ3) is 5.29. The summed E-state index contributed by atoms with van der Waals surface area (Å²) in [5, 5.41) is 0. The van der Waals surface area contributed by atoms with Gasteiger partial charge in [0, 0.05) is 18.2 Å². The standard InChI is InChI=1S/C16H26FNO/c1-5-14(18)15(19-11-10-16(2,3)4)12-8-6-7-9-13(12)17/h6-9,14-15H,5,10-11,18H2,1-4H3. The number of hydrogen-bond acceptors (Lipinski definition) is 2. The van der Waals surface area contributed by atoms with Gasteiger partial charge >= 0.3 is 0 Å². The summed E-state index contributed by atoms with van der Waals surface area (Å²) in [5.41, 5.74) is 6.84. The second-order valence-corrected chi connectivity index (χ2v) is 6.20. The van der Waals surface area contributed by atoms with E-state index in [1.807, 2.05) is 13.0 Å². The first-order chi connectivity index (χ1) is 8.85. The monoisotopic (exact) mass is 267 g/mol. The molecule has 0 saturated carbocycles. The highest BCUT2D eigenvalue weighted by Gasteiger charge is 2.23. The Bertz CT molecular complexity index is 387. The second-order valence-electron chi connectivity index (χ2n) is 6.20. The smallest absolute Gasteiger partial charge is 0.129 e. The van der Waals surface area contributed by atoms with Gasteiger partial charge in [0.25, 0.3) is 0 Å². The minimum atomic E-state index is -0.367. The van der Waals surface area contributed by atoms with Crippen LogP contribution in [-0.2, 0) is 4.74 Å². The van der Waals surface area contributed by atoms with Gasteiger partial charge in [-0.15, -0.1) is 0 Å². The van der Waals surface area contributed by atoms with Crippen molar-refractivity contribution in [2.45, 2.75) is 52.7 Å². The lowest BCUT2D eigenvalue weighted by Gasteiger charge is -2.26. The summed E-state index contributed by atoms with van der Waals surface area (Å²) in [6, 6.07) is 6.53. The fourth-order valence-corrected chi connectivity index (χ4v) is 1.86. The van der Waals surface area contributed by atoms with Gasteiger partial charge in [-0.05, 0) is 24.3 Å². The molecule has 3 heteroatoms. The van der Waals surface area contributed by atoms with Gasteiger partial charge in [0.2, 0.25) is 0 Å². The fraction of sp³-hybridized carbons (Fsp3) is 0.625. The van der Waals surface area contributed by atoms with Crippen molar-refractivity contribution in [3.8, 4) is 0 Å². The molecule has 0 saturated heterocycles. The second kappa shape index (κ2) is 7.01. The van der Waals surface area contributed by atoms with Crippen molar-refractivity contribution < 1.29 is 9.13 Å². The minimum absolute atomic E-state index is 0.183. The number of nitrogens with two attached hydrogens (primary N) is 1. The van der Waals surface area contributed by atoms with Gasteiger partial charge in [-0.2, -0.15) is 0 Å². The van der Waals surface area contributed by atoms with Crippen LogP contribution in [0.15, 0.2) is 24.3 Å². The van der Waals surface area contributed by atoms with Gasteiger partial charge < -0.3 is 10.5 Å². The van der Waals surface area contributed by atoms with Crippen LogP contribution in [0.3, 0.4) is 0 Å². The first kappa shape index (κ1) is 16.1. The first-order valence-electron chi connectivity index (χ1n) is 6.96. The Morgan fingerprint density at radius 2 is 1.89 bits per heavy atom. The van der Waals surface area contributed by atoms with E-state index in [2.05, 4.69) is 20.8 Å². The van der Waals surface area contributed by atoms with Gasteiger partial charge in [0.15, 0.2) is 0 Å². The molecular weight excluding hydrogens is 241 g/mol. The molecule has 0 amide bonds. The molecule has 0 aliphatic heterocycles. The van der Waals surface area contributed by atoms with Gasteiger partial charge in [-0.3, -0.25) is 0 Å². The lowest BCUT2D eigenvalue weighted by Crippen LogP contribution is -2.31. The van der Waals surface area contributed by atoms with E-state index in [0.717, 1.165) is 12.8 Å². The SMILES string of the molecule is CCC(N)C(OCCC(C)(C)C)c1ccccc1F. The van der Waals surface area contributed by atoms with E-state index in [1.165, 1.54) is 6.07 Å². The molecule has 0 bridgehead atoms. The third-order valence-electron chi connectivity index (χ3n) is 3.22. The van der Waals surface area contributed by atoms with Gasteiger partial charge in [-0.1, -0.05) is 45.9 Å². The average Bonchev–Trinajstić information content (AvgIpc) is 2.34. The van der Waals surface area contributed by atoms with Crippen molar-refractivity contribution in [3.05, 3.63) is 35.6 Å². The molecule has 2 nitrogen and oxygen atoms in total. The van der Waals surface area contributed by atoms with Crippen LogP contribution in [0.5, 0.6) is 0 Å². The zero-order valence-corrected chi connectivity index (χ0v) is 12.4. The van der Waals surface area contributed by atoms with E-state index < -0.39 is 0 Å². The Balaban J connectivity index is 2.76. The van der Waals surface area contributed by atoms with Crippen LogP contribution in [-0.4, -0.2) is 12.6 Å². The van der Waals surface area contributed by atoms with Crippen LogP contribution in [0.4, 0.5) is 4.39 Å². The van der Waals surface area contributed by atoms with Crippen molar-refractivity contribution in [1.82, 2.24) is 0 Å². The van der Waals surface area contributed by atoms with Crippen molar-refractivity contribution in [2.24, 2.45) is 11.1 Å². The summed E-state index contributed by atoms with van der Waals surface area (Å²) < 4.78 is 19.7. The van der Waals surface area contributed by atoms with E-state index in [0.29, 0.717) is 12.2 Å². The molecule has 0 spiro atoms. The molecule has 1 rings (SSSR count). The zero-order chi connectivity index (χ0) is 14.5. The summed E-state index contributed by atoms with van der Waals surface area (Å²) >= 11 is 0. The van der Waals surface area contributed by atoms with Crippen LogP contribution in [0.2, 0.25) is 0 Å². The fourth-order valence-electron chi connectivity index (χ4n) is 1.86. The Labute approximate surface area is 116 Å². The van der Waals surface area contributed by atoms with Crippen LogP contribution < -0.4 is 5.73 Å². The molecule has 19 heavy (non-hydrogen) atoms. The Hall–Kier alpha value is -0.930. The van der Waals surface area contributed by atoms with Crippen molar-refractivity contribution in [2.75, 3.05) is 6.61 Å². The molecule has 108 valence electrons. The number of halogens is 1.